The average molecular weight is 294 g/mol. The fourth-order valence-electron chi connectivity index (χ4n) is 1.66. The third-order valence-electron chi connectivity index (χ3n) is 2.54. The lowest BCUT2D eigenvalue weighted by atomic mass is 10.2. The minimum absolute atomic E-state index is 0.208. The summed E-state index contributed by atoms with van der Waals surface area (Å²) in [4.78, 5) is 12.6. The largest absolute Gasteiger partial charge is 0.344 e. The van der Waals surface area contributed by atoms with Crippen molar-refractivity contribution in [3.63, 3.8) is 0 Å². The molecule has 19 heavy (non-hydrogen) atoms. The molecule has 0 radical (unpaired) electrons. The Labute approximate surface area is 116 Å². The van der Waals surface area contributed by atoms with E-state index in [1.807, 2.05) is 24.3 Å². The SMILES string of the molecule is O=C(NCc1nn[nH]n1)c1sc2ccccc2c1Cl. The summed E-state index contributed by atoms with van der Waals surface area (Å²) in [5.41, 5.74) is 0. The fourth-order valence-corrected chi connectivity index (χ4v) is 3.09. The highest BCUT2D eigenvalue weighted by atomic mass is 35.5. The van der Waals surface area contributed by atoms with Crippen molar-refractivity contribution in [1.29, 1.82) is 0 Å². The normalized spacial score (nSPS) is 10.8. The number of halogens is 1. The molecular formula is C11H8ClN5OS. The number of carbonyl (C=O) groups is 1. The number of amides is 1. The van der Waals surface area contributed by atoms with Crippen LogP contribution in [0.4, 0.5) is 0 Å². The van der Waals surface area contributed by atoms with E-state index in [2.05, 4.69) is 25.9 Å². The van der Waals surface area contributed by atoms with Crippen molar-refractivity contribution in [1.82, 2.24) is 25.9 Å². The summed E-state index contributed by atoms with van der Waals surface area (Å²) in [5.74, 6) is 0.182. The van der Waals surface area contributed by atoms with Gasteiger partial charge in [0.2, 0.25) is 0 Å². The zero-order valence-electron chi connectivity index (χ0n) is 9.55. The van der Waals surface area contributed by atoms with Crippen molar-refractivity contribution in [2.45, 2.75) is 6.54 Å². The van der Waals surface area contributed by atoms with E-state index in [9.17, 15) is 4.79 Å². The molecule has 8 heteroatoms. The zero-order chi connectivity index (χ0) is 13.2. The number of carbonyl (C=O) groups excluding carboxylic acids is 1. The standard InChI is InChI=1S/C11H8ClN5OS/c12-9-6-3-1-2-4-7(6)19-10(9)11(18)13-5-8-14-16-17-15-8/h1-4H,5H2,(H,13,18)(H,14,15,16,17). The molecular weight excluding hydrogens is 286 g/mol. The molecule has 0 atom stereocenters. The molecule has 0 aliphatic heterocycles. The number of nitrogens with zero attached hydrogens (tertiary/aromatic N) is 3. The third kappa shape index (κ3) is 2.29. The maximum absolute atomic E-state index is 12.1. The Morgan fingerprint density at radius 1 is 1.42 bits per heavy atom. The smallest absolute Gasteiger partial charge is 0.263 e. The van der Waals surface area contributed by atoms with Crippen molar-refractivity contribution in [2.24, 2.45) is 0 Å². The summed E-state index contributed by atoms with van der Waals surface area (Å²) in [6.45, 7) is 0.208. The van der Waals surface area contributed by atoms with Crippen molar-refractivity contribution in [2.75, 3.05) is 0 Å². The Kier molecular flexibility index (Phi) is 3.14. The fraction of sp³-hybridized carbons (Fsp3) is 0.0909. The molecule has 0 unspecified atom stereocenters. The number of tetrazole rings is 1. The number of H-pyrrole nitrogens is 1. The summed E-state index contributed by atoms with van der Waals surface area (Å²) in [7, 11) is 0. The molecule has 0 aliphatic rings. The number of nitrogens with one attached hydrogen (secondary N) is 2. The Balaban J connectivity index is 1.83. The Morgan fingerprint density at radius 2 is 2.26 bits per heavy atom. The quantitative estimate of drug-likeness (QED) is 0.773. The van der Waals surface area contributed by atoms with Crippen LogP contribution in [0.3, 0.4) is 0 Å². The van der Waals surface area contributed by atoms with Gasteiger partial charge in [-0.25, -0.2) is 0 Å². The number of thiophene rings is 1. The van der Waals surface area contributed by atoms with Crippen LogP contribution in [0.2, 0.25) is 5.02 Å². The molecule has 2 heterocycles. The Bertz CT molecular complexity index is 724. The molecule has 6 nitrogen and oxygen atoms in total. The summed E-state index contributed by atoms with van der Waals surface area (Å²) < 4.78 is 0.984. The highest BCUT2D eigenvalue weighted by molar-refractivity contribution is 7.21. The van der Waals surface area contributed by atoms with E-state index in [0.29, 0.717) is 15.7 Å². The molecule has 3 aromatic rings. The van der Waals surface area contributed by atoms with E-state index >= 15 is 0 Å². The van der Waals surface area contributed by atoms with Crippen LogP contribution in [-0.4, -0.2) is 26.5 Å². The van der Waals surface area contributed by atoms with E-state index in [0.717, 1.165) is 10.1 Å². The van der Waals surface area contributed by atoms with Crippen LogP contribution in [-0.2, 0) is 6.54 Å². The predicted molar refractivity (Wildman–Crippen MR) is 72.2 cm³/mol. The van der Waals surface area contributed by atoms with Gasteiger partial charge in [0, 0.05) is 10.1 Å². The van der Waals surface area contributed by atoms with Crippen molar-refractivity contribution in [3.8, 4) is 0 Å². The number of hydrogen-bond acceptors (Lipinski definition) is 5. The number of aromatic amines is 1. The van der Waals surface area contributed by atoms with E-state index in [-0.39, 0.29) is 12.5 Å². The summed E-state index contributed by atoms with van der Waals surface area (Å²) in [6, 6.07) is 7.63. The first-order valence-electron chi connectivity index (χ1n) is 5.43. The van der Waals surface area contributed by atoms with Gasteiger partial charge in [0.1, 0.15) is 4.88 Å². The summed E-state index contributed by atoms with van der Waals surface area (Å²) in [6.07, 6.45) is 0. The molecule has 0 spiro atoms. The van der Waals surface area contributed by atoms with Crippen molar-refractivity contribution in [3.05, 3.63) is 40.0 Å². The third-order valence-corrected chi connectivity index (χ3v) is 4.21. The van der Waals surface area contributed by atoms with Gasteiger partial charge in [-0.2, -0.15) is 5.21 Å². The van der Waals surface area contributed by atoms with Gasteiger partial charge in [-0.15, -0.1) is 21.5 Å². The van der Waals surface area contributed by atoms with Gasteiger partial charge in [0.15, 0.2) is 5.82 Å². The van der Waals surface area contributed by atoms with E-state index in [1.54, 1.807) is 0 Å². The van der Waals surface area contributed by atoms with Crippen LogP contribution in [0.15, 0.2) is 24.3 Å². The van der Waals surface area contributed by atoms with E-state index in [4.69, 9.17) is 11.6 Å². The van der Waals surface area contributed by atoms with Crippen LogP contribution in [0.1, 0.15) is 15.5 Å². The summed E-state index contributed by atoms with van der Waals surface area (Å²) in [5, 5.41) is 17.3. The van der Waals surface area contributed by atoms with Gasteiger partial charge in [-0.1, -0.05) is 35.0 Å². The number of hydrogen-bond donors (Lipinski definition) is 2. The zero-order valence-corrected chi connectivity index (χ0v) is 11.1. The molecule has 2 N–H and O–H groups in total. The minimum Gasteiger partial charge on any atom is -0.344 e. The molecule has 3 rings (SSSR count). The van der Waals surface area contributed by atoms with Crippen molar-refractivity contribution < 1.29 is 4.79 Å². The molecule has 0 aliphatic carbocycles. The molecule has 0 saturated heterocycles. The summed E-state index contributed by atoms with van der Waals surface area (Å²) >= 11 is 7.57. The maximum Gasteiger partial charge on any atom is 0.263 e. The highest BCUT2D eigenvalue weighted by Crippen LogP contribution is 2.34. The Hall–Kier alpha value is -1.99. The topological polar surface area (TPSA) is 83.6 Å². The molecule has 0 saturated carbocycles. The minimum atomic E-state index is -0.240. The molecule has 96 valence electrons. The molecule has 1 amide bonds. The maximum atomic E-state index is 12.1. The van der Waals surface area contributed by atoms with E-state index < -0.39 is 0 Å². The lowest BCUT2D eigenvalue weighted by Crippen LogP contribution is -2.22. The molecule has 2 aromatic heterocycles. The first kappa shape index (κ1) is 12.1. The van der Waals surface area contributed by atoms with Crippen LogP contribution in [0.5, 0.6) is 0 Å². The second-order valence-corrected chi connectivity index (χ2v) is 5.18. The number of aromatic nitrogens is 4. The van der Waals surface area contributed by atoms with Crippen molar-refractivity contribution >= 4 is 38.9 Å². The van der Waals surface area contributed by atoms with E-state index in [1.165, 1.54) is 11.3 Å². The number of rotatable bonds is 3. The van der Waals surface area contributed by atoms with Crippen LogP contribution in [0.25, 0.3) is 10.1 Å². The first-order valence-corrected chi connectivity index (χ1v) is 6.62. The lowest BCUT2D eigenvalue weighted by Gasteiger charge is -1.99. The predicted octanol–water partition coefficient (Wildman–Crippen LogP) is 2.00. The first-order chi connectivity index (χ1) is 9.25. The monoisotopic (exact) mass is 293 g/mol. The van der Waals surface area contributed by atoms with Gasteiger partial charge in [0.05, 0.1) is 11.6 Å². The van der Waals surface area contributed by atoms with Gasteiger partial charge in [0.25, 0.3) is 5.91 Å². The van der Waals surface area contributed by atoms with Crippen LogP contribution < -0.4 is 5.32 Å². The molecule has 0 bridgehead atoms. The van der Waals surface area contributed by atoms with Gasteiger partial charge in [-0.3, -0.25) is 4.79 Å². The van der Waals surface area contributed by atoms with Crippen LogP contribution >= 0.6 is 22.9 Å². The van der Waals surface area contributed by atoms with Gasteiger partial charge in [-0.05, 0) is 6.07 Å². The Morgan fingerprint density at radius 3 is 3.00 bits per heavy atom. The van der Waals surface area contributed by atoms with Crippen LogP contribution in [0, 0.1) is 0 Å². The number of benzene rings is 1. The lowest BCUT2D eigenvalue weighted by molar-refractivity contribution is 0.0954. The number of fused-ring (bicyclic) bond motifs is 1. The second kappa shape index (κ2) is 4.94. The van der Waals surface area contributed by atoms with Gasteiger partial charge < -0.3 is 5.32 Å². The highest BCUT2D eigenvalue weighted by Gasteiger charge is 2.16. The van der Waals surface area contributed by atoms with Gasteiger partial charge >= 0.3 is 0 Å². The molecule has 1 aromatic carbocycles. The average Bonchev–Trinajstić information content (AvgIpc) is 3.05. The second-order valence-electron chi connectivity index (χ2n) is 3.75. The molecule has 0 fully saturated rings.